The average molecular weight is 536 g/mol. The van der Waals surface area contributed by atoms with E-state index in [1.165, 1.54) is 12.0 Å². The van der Waals surface area contributed by atoms with Crippen LogP contribution in [0.25, 0.3) is 0 Å². The Morgan fingerprint density at radius 3 is 2.55 bits per heavy atom. The monoisotopic (exact) mass is 536 g/mol. The summed E-state index contributed by atoms with van der Waals surface area (Å²) in [6, 6.07) is 15.5. The molecule has 1 aliphatic rings. The number of ether oxygens (including phenoxy) is 2. The molecule has 0 saturated carbocycles. The summed E-state index contributed by atoms with van der Waals surface area (Å²) in [6.45, 7) is 0.576. The van der Waals surface area contributed by atoms with Crippen molar-refractivity contribution in [3.05, 3.63) is 69.3 Å². The zero-order chi connectivity index (χ0) is 22.2. The molecule has 31 heavy (non-hydrogen) atoms. The second-order valence-corrected chi connectivity index (χ2v) is 8.43. The highest BCUT2D eigenvalue weighted by Crippen LogP contribution is 2.20. The Morgan fingerprint density at radius 2 is 1.84 bits per heavy atom. The first kappa shape index (κ1) is 23.1. The fourth-order valence-corrected chi connectivity index (χ4v) is 4.15. The molecule has 1 fully saturated rings. The van der Waals surface area contributed by atoms with E-state index >= 15 is 0 Å². The van der Waals surface area contributed by atoms with E-state index in [9.17, 15) is 14.4 Å². The molecule has 0 aliphatic carbocycles. The normalized spacial score (nSPS) is 16.5. The summed E-state index contributed by atoms with van der Waals surface area (Å²) in [5, 5.41) is 2.78. The van der Waals surface area contributed by atoms with Gasteiger partial charge in [-0.15, -0.1) is 0 Å². The van der Waals surface area contributed by atoms with Crippen LogP contribution in [0.3, 0.4) is 0 Å². The lowest BCUT2D eigenvalue weighted by Gasteiger charge is -2.25. The number of esters is 1. The van der Waals surface area contributed by atoms with Gasteiger partial charge in [0.05, 0.1) is 7.11 Å². The van der Waals surface area contributed by atoms with E-state index in [-0.39, 0.29) is 12.5 Å². The minimum atomic E-state index is -0.837. The van der Waals surface area contributed by atoms with Gasteiger partial charge in [-0.2, -0.15) is 0 Å². The van der Waals surface area contributed by atoms with Gasteiger partial charge >= 0.3 is 12.1 Å². The summed E-state index contributed by atoms with van der Waals surface area (Å²) in [5.41, 5.74) is 1.81. The predicted octanol–water partition coefficient (Wildman–Crippen LogP) is 3.29. The van der Waals surface area contributed by atoms with Gasteiger partial charge in [0.1, 0.15) is 18.7 Å². The van der Waals surface area contributed by atoms with Crippen LogP contribution in [0.15, 0.2) is 54.6 Å². The summed E-state index contributed by atoms with van der Waals surface area (Å²) in [5.74, 6) is -0.903. The molecule has 2 aromatic carbocycles. The second kappa shape index (κ2) is 11.1. The summed E-state index contributed by atoms with van der Waals surface area (Å²) >= 11 is 2.19. The van der Waals surface area contributed by atoms with Gasteiger partial charge in [0, 0.05) is 16.5 Å². The smallest absolute Gasteiger partial charge is 0.410 e. The van der Waals surface area contributed by atoms with Crippen LogP contribution in [0, 0.1) is 3.57 Å². The molecular formula is C23H25IN2O5. The Hall–Kier alpha value is -2.62. The van der Waals surface area contributed by atoms with Crippen LogP contribution in [0.2, 0.25) is 0 Å². The highest BCUT2D eigenvalue weighted by Gasteiger charge is 2.37. The molecule has 1 N–H and O–H groups in total. The molecule has 1 saturated heterocycles. The first-order valence-corrected chi connectivity index (χ1v) is 11.2. The van der Waals surface area contributed by atoms with Crippen LogP contribution >= 0.6 is 22.6 Å². The number of carbonyl (C=O) groups excluding carboxylic acids is 3. The number of carbonyl (C=O) groups is 3. The molecule has 0 spiro atoms. The summed E-state index contributed by atoms with van der Waals surface area (Å²) in [7, 11) is 1.29. The molecule has 1 aliphatic heterocycles. The zero-order valence-corrected chi connectivity index (χ0v) is 19.4. The lowest BCUT2D eigenvalue weighted by molar-refractivity contribution is -0.145. The number of likely N-dealkylation sites (tertiary alicyclic amines) is 1. The van der Waals surface area contributed by atoms with E-state index in [2.05, 4.69) is 27.9 Å². The van der Waals surface area contributed by atoms with Crippen molar-refractivity contribution in [1.82, 2.24) is 10.2 Å². The number of methoxy groups -OCH3 is 1. The summed E-state index contributed by atoms with van der Waals surface area (Å²) in [4.78, 5) is 39.3. The highest BCUT2D eigenvalue weighted by atomic mass is 127. The summed E-state index contributed by atoms with van der Waals surface area (Å²) in [6.07, 6.45) is 0.984. The molecule has 0 unspecified atom stereocenters. The Morgan fingerprint density at radius 1 is 1.13 bits per heavy atom. The van der Waals surface area contributed by atoms with Gasteiger partial charge in [-0.05, 0) is 52.6 Å². The zero-order valence-electron chi connectivity index (χ0n) is 17.3. The van der Waals surface area contributed by atoms with E-state index in [0.717, 1.165) is 14.7 Å². The number of hydrogen-bond acceptors (Lipinski definition) is 5. The van der Waals surface area contributed by atoms with Gasteiger partial charge < -0.3 is 14.8 Å². The number of hydrogen-bond donors (Lipinski definition) is 1. The van der Waals surface area contributed by atoms with Crippen molar-refractivity contribution < 1.29 is 23.9 Å². The molecule has 2 atom stereocenters. The number of halogens is 1. The number of rotatable bonds is 7. The standard InChI is InChI=1S/C23H25IN2O5/c1-30-22(28)19(14-17-10-5-6-11-18(17)24)25-21(27)20-12-7-13-26(20)23(29)31-15-16-8-3-2-4-9-16/h2-6,8-11,19-20H,7,12-15H2,1H3,(H,25,27)/t19-,20-/m1/s1. The maximum atomic E-state index is 13.0. The SMILES string of the molecule is COC(=O)[C@@H](Cc1ccccc1I)NC(=O)[C@H]1CCCN1C(=O)OCc1ccccc1. The lowest BCUT2D eigenvalue weighted by Crippen LogP contribution is -2.51. The molecule has 7 nitrogen and oxygen atoms in total. The van der Waals surface area contributed by atoms with Crippen molar-refractivity contribution in [2.45, 2.75) is 38.0 Å². The van der Waals surface area contributed by atoms with Gasteiger partial charge in [0.25, 0.3) is 0 Å². The molecule has 164 valence electrons. The minimum absolute atomic E-state index is 0.141. The van der Waals surface area contributed by atoms with Crippen LogP contribution < -0.4 is 5.32 Å². The number of benzene rings is 2. The molecule has 2 amide bonds. The average Bonchev–Trinajstić information content (AvgIpc) is 3.29. The number of nitrogens with zero attached hydrogens (tertiary/aromatic N) is 1. The van der Waals surface area contributed by atoms with E-state index in [0.29, 0.717) is 25.8 Å². The third kappa shape index (κ3) is 6.19. The Bertz CT molecular complexity index is 921. The molecule has 0 aromatic heterocycles. The highest BCUT2D eigenvalue weighted by molar-refractivity contribution is 14.1. The molecule has 0 bridgehead atoms. The third-order valence-corrected chi connectivity index (χ3v) is 6.23. The molecule has 2 aromatic rings. The third-order valence-electron chi connectivity index (χ3n) is 5.18. The topological polar surface area (TPSA) is 84.9 Å². The van der Waals surface area contributed by atoms with Crippen molar-refractivity contribution in [3.63, 3.8) is 0 Å². The van der Waals surface area contributed by atoms with Crippen LogP contribution in [0.5, 0.6) is 0 Å². The van der Waals surface area contributed by atoms with E-state index in [1.807, 2.05) is 54.6 Å². The molecule has 8 heteroatoms. The van der Waals surface area contributed by atoms with Gasteiger partial charge in [-0.1, -0.05) is 48.5 Å². The van der Waals surface area contributed by atoms with Gasteiger partial charge in [-0.3, -0.25) is 9.69 Å². The first-order valence-electron chi connectivity index (χ1n) is 10.1. The molecule has 3 rings (SSSR count). The summed E-state index contributed by atoms with van der Waals surface area (Å²) < 4.78 is 11.3. The van der Waals surface area contributed by atoms with Crippen molar-refractivity contribution >= 4 is 40.6 Å². The molecule has 0 radical (unpaired) electrons. The maximum absolute atomic E-state index is 13.0. The maximum Gasteiger partial charge on any atom is 0.410 e. The predicted molar refractivity (Wildman–Crippen MR) is 123 cm³/mol. The van der Waals surface area contributed by atoms with Crippen LogP contribution in [0.4, 0.5) is 4.79 Å². The van der Waals surface area contributed by atoms with E-state index < -0.39 is 24.1 Å². The molecular weight excluding hydrogens is 511 g/mol. The van der Waals surface area contributed by atoms with Crippen LogP contribution in [-0.4, -0.2) is 48.6 Å². The Kier molecular flexibility index (Phi) is 8.27. The minimum Gasteiger partial charge on any atom is -0.467 e. The van der Waals surface area contributed by atoms with Crippen molar-refractivity contribution in [2.75, 3.05) is 13.7 Å². The first-order chi connectivity index (χ1) is 15.0. The quantitative estimate of drug-likeness (QED) is 0.434. The van der Waals surface area contributed by atoms with Gasteiger partial charge in [0.15, 0.2) is 0 Å². The van der Waals surface area contributed by atoms with Gasteiger partial charge in [0.2, 0.25) is 5.91 Å². The Labute approximate surface area is 195 Å². The second-order valence-electron chi connectivity index (χ2n) is 7.27. The number of nitrogens with one attached hydrogen (secondary N) is 1. The largest absolute Gasteiger partial charge is 0.467 e. The molecule has 1 heterocycles. The fourth-order valence-electron chi connectivity index (χ4n) is 3.55. The van der Waals surface area contributed by atoms with Crippen LogP contribution in [0.1, 0.15) is 24.0 Å². The van der Waals surface area contributed by atoms with Crippen molar-refractivity contribution in [1.29, 1.82) is 0 Å². The number of amides is 2. The Balaban J connectivity index is 1.63. The fraction of sp³-hybridized carbons (Fsp3) is 0.348. The van der Waals surface area contributed by atoms with Gasteiger partial charge in [-0.25, -0.2) is 9.59 Å². The van der Waals surface area contributed by atoms with E-state index in [4.69, 9.17) is 9.47 Å². The van der Waals surface area contributed by atoms with Crippen molar-refractivity contribution in [2.24, 2.45) is 0 Å². The lowest BCUT2D eigenvalue weighted by atomic mass is 10.1. The van der Waals surface area contributed by atoms with Crippen molar-refractivity contribution in [3.8, 4) is 0 Å². The van der Waals surface area contributed by atoms with E-state index in [1.54, 1.807) is 0 Å². The van der Waals surface area contributed by atoms with Crippen LogP contribution in [-0.2, 0) is 32.1 Å².